The van der Waals surface area contributed by atoms with E-state index in [1.54, 1.807) is 6.20 Å². The standard InChI is InChI=1S/C14H13BrN4/c1-10-4-3-5-11(8-10)18(2)14-13-16-6-7-19(13)9-12(15)17-14/h3-9H,1-2H3. The van der Waals surface area contributed by atoms with Crippen LogP contribution in [0.5, 0.6) is 0 Å². The van der Waals surface area contributed by atoms with Gasteiger partial charge in [-0.2, -0.15) is 0 Å². The highest BCUT2D eigenvalue weighted by Crippen LogP contribution is 2.27. The molecule has 0 aliphatic carbocycles. The Morgan fingerprint density at radius 3 is 2.95 bits per heavy atom. The number of hydrogen-bond donors (Lipinski definition) is 0. The molecule has 0 fully saturated rings. The molecule has 0 aliphatic heterocycles. The van der Waals surface area contributed by atoms with Crippen molar-refractivity contribution in [1.82, 2.24) is 14.4 Å². The minimum absolute atomic E-state index is 0.785. The number of aromatic nitrogens is 3. The fourth-order valence-corrected chi connectivity index (χ4v) is 2.46. The number of benzene rings is 1. The summed E-state index contributed by atoms with van der Waals surface area (Å²) in [4.78, 5) is 10.9. The van der Waals surface area contributed by atoms with Crippen molar-refractivity contribution < 1.29 is 0 Å². The van der Waals surface area contributed by atoms with Gasteiger partial charge in [0.05, 0.1) is 0 Å². The van der Waals surface area contributed by atoms with Crippen LogP contribution in [0.1, 0.15) is 5.56 Å². The monoisotopic (exact) mass is 316 g/mol. The highest BCUT2D eigenvalue weighted by atomic mass is 79.9. The van der Waals surface area contributed by atoms with Gasteiger partial charge in [-0.3, -0.25) is 0 Å². The second-order valence-electron chi connectivity index (χ2n) is 4.44. The van der Waals surface area contributed by atoms with Crippen LogP contribution in [0.3, 0.4) is 0 Å². The lowest BCUT2D eigenvalue weighted by atomic mass is 10.2. The summed E-state index contributed by atoms with van der Waals surface area (Å²) in [7, 11) is 2.00. The van der Waals surface area contributed by atoms with Crippen LogP contribution >= 0.6 is 15.9 Å². The molecule has 3 rings (SSSR count). The SMILES string of the molecule is Cc1cccc(N(C)c2nc(Br)cn3ccnc23)c1. The summed E-state index contributed by atoms with van der Waals surface area (Å²) in [6.45, 7) is 2.08. The van der Waals surface area contributed by atoms with Gasteiger partial charge in [-0.05, 0) is 40.5 Å². The summed E-state index contributed by atoms with van der Waals surface area (Å²) in [6.07, 6.45) is 5.59. The van der Waals surface area contributed by atoms with E-state index in [9.17, 15) is 0 Å². The van der Waals surface area contributed by atoms with Crippen molar-refractivity contribution >= 4 is 33.1 Å². The third-order valence-electron chi connectivity index (χ3n) is 3.03. The van der Waals surface area contributed by atoms with Gasteiger partial charge in [0, 0.05) is 31.3 Å². The fourth-order valence-electron chi connectivity index (χ4n) is 2.07. The van der Waals surface area contributed by atoms with Gasteiger partial charge in [-0.25, -0.2) is 9.97 Å². The number of rotatable bonds is 2. The first-order valence-electron chi connectivity index (χ1n) is 5.95. The van der Waals surface area contributed by atoms with Gasteiger partial charge < -0.3 is 9.30 Å². The molecule has 0 radical (unpaired) electrons. The zero-order valence-electron chi connectivity index (χ0n) is 10.7. The molecule has 0 amide bonds. The van der Waals surface area contributed by atoms with Crippen molar-refractivity contribution in [3.8, 4) is 0 Å². The third-order valence-corrected chi connectivity index (χ3v) is 3.42. The highest BCUT2D eigenvalue weighted by molar-refractivity contribution is 9.10. The molecule has 0 spiro atoms. The average molecular weight is 317 g/mol. The van der Waals surface area contributed by atoms with Gasteiger partial charge in [-0.15, -0.1) is 0 Å². The van der Waals surface area contributed by atoms with E-state index in [1.807, 2.05) is 34.8 Å². The largest absolute Gasteiger partial charge is 0.326 e. The molecule has 2 aromatic heterocycles. The molecule has 0 bridgehead atoms. The normalized spacial score (nSPS) is 10.9. The molecule has 0 saturated carbocycles. The van der Waals surface area contributed by atoms with Crippen molar-refractivity contribution in [2.75, 3.05) is 11.9 Å². The van der Waals surface area contributed by atoms with Crippen LogP contribution in [0.25, 0.3) is 5.65 Å². The Morgan fingerprint density at radius 1 is 1.32 bits per heavy atom. The van der Waals surface area contributed by atoms with Crippen LogP contribution in [-0.2, 0) is 0 Å². The Hall–Kier alpha value is -1.88. The molecule has 19 heavy (non-hydrogen) atoms. The third kappa shape index (κ3) is 2.21. The van der Waals surface area contributed by atoms with Crippen molar-refractivity contribution in [3.05, 3.63) is 53.0 Å². The van der Waals surface area contributed by atoms with E-state index in [2.05, 4.69) is 51.0 Å². The van der Waals surface area contributed by atoms with Crippen LogP contribution in [0.2, 0.25) is 0 Å². The minimum Gasteiger partial charge on any atom is -0.326 e. The molecular weight excluding hydrogens is 304 g/mol. The summed E-state index contributed by atoms with van der Waals surface area (Å²) in [5.41, 5.74) is 3.15. The van der Waals surface area contributed by atoms with E-state index in [1.165, 1.54) is 5.56 Å². The van der Waals surface area contributed by atoms with Crippen LogP contribution in [0, 0.1) is 6.92 Å². The Bertz CT molecular complexity index is 735. The van der Waals surface area contributed by atoms with Crippen LogP contribution in [0.15, 0.2) is 47.5 Å². The van der Waals surface area contributed by atoms with Crippen molar-refractivity contribution in [2.45, 2.75) is 6.92 Å². The summed E-state index contributed by atoms with van der Waals surface area (Å²) < 4.78 is 2.74. The lowest BCUT2D eigenvalue weighted by Crippen LogP contribution is -2.13. The van der Waals surface area contributed by atoms with Crippen molar-refractivity contribution in [3.63, 3.8) is 0 Å². The maximum absolute atomic E-state index is 4.54. The zero-order valence-corrected chi connectivity index (χ0v) is 12.3. The van der Waals surface area contributed by atoms with Gasteiger partial charge >= 0.3 is 0 Å². The predicted molar refractivity (Wildman–Crippen MR) is 79.9 cm³/mol. The van der Waals surface area contributed by atoms with E-state index in [0.29, 0.717) is 0 Å². The van der Waals surface area contributed by atoms with Crippen LogP contribution < -0.4 is 4.90 Å². The smallest absolute Gasteiger partial charge is 0.180 e. The van der Waals surface area contributed by atoms with Gasteiger partial charge in [-0.1, -0.05) is 12.1 Å². The summed E-state index contributed by atoms with van der Waals surface area (Å²) in [5.74, 6) is 0.824. The highest BCUT2D eigenvalue weighted by Gasteiger charge is 2.12. The van der Waals surface area contributed by atoms with Gasteiger partial charge in [0.2, 0.25) is 0 Å². The lowest BCUT2D eigenvalue weighted by Gasteiger charge is -2.19. The number of hydrogen-bond acceptors (Lipinski definition) is 3. The fraction of sp³-hybridized carbons (Fsp3) is 0.143. The van der Waals surface area contributed by atoms with Gasteiger partial charge in [0.25, 0.3) is 0 Å². The lowest BCUT2D eigenvalue weighted by molar-refractivity contribution is 1.05. The first-order chi connectivity index (χ1) is 9.15. The summed E-state index contributed by atoms with van der Waals surface area (Å²) >= 11 is 3.44. The predicted octanol–water partition coefficient (Wildman–Crippen LogP) is 3.57. The molecule has 2 heterocycles. The van der Waals surface area contributed by atoms with Crippen molar-refractivity contribution in [1.29, 1.82) is 0 Å². The molecule has 0 unspecified atom stereocenters. The molecule has 4 nitrogen and oxygen atoms in total. The Balaban J connectivity index is 2.15. The maximum atomic E-state index is 4.54. The second-order valence-corrected chi connectivity index (χ2v) is 5.26. The molecule has 0 saturated heterocycles. The van der Waals surface area contributed by atoms with Crippen LogP contribution in [0.4, 0.5) is 11.5 Å². The summed E-state index contributed by atoms with van der Waals surface area (Å²) in [6, 6.07) is 8.32. The average Bonchev–Trinajstić information content (AvgIpc) is 2.85. The van der Waals surface area contributed by atoms with Crippen molar-refractivity contribution in [2.24, 2.45) is 0 Å². The number of halogens is 1. The quantitative estimate of drug-likeness (QED) is 0.724. The molecular formula is C14H13BrN4. The molecule has 0 N–H and O–H groups in total. The molecule has 3 aromatic rings. The first kappa shape index (κ1) is 12.2. The summed E-state index contributed by atoms with van der Waals surface area (Å²) in [5, 5.41) is 0. The Kier molecular flexibility index (Phi) is 2.98. The molecule has 1 aromatic carbocycles. The number of aryl methyl sites for hydroxylation is 1. The molecule has 5 heteroatoms. The second kappa shape index (κ2) is 4.66. The molecule has 96 valence electrons. The number of fused-ring (bicyclic) bond motifs is 1. The minimum atomic E-state index is 0.785. The topological polar surface area (TPSA) is 33.4 Å². The molecule has 0 atom stereocenters. The Morgan fingerprint density at radius 2 is 2.16 bits per heavy atom. The zero-order chi connectivity index (χ0) is 13.4. The van der Waals surface area contributed by atoms with Gasteiger partial charge in [0.1, 0.15) is 4.60 Å². The maximum Gasteiger partial charge on any atom is 0.180 e. The van der Waals surface area contributed by atoms with E-state index in [4.69, 9.17) is 0 Å². The van der Waals surface area contributed by atoms with E-state index < -0.39 is 0 Å². The molecule has 0 aliphatic rings. The van der Waals surface area contributed by atoms with Crippen LogP contribution in [-0.4, -0.2) is 21.4 Å². The Labute approximate surface area is 119 Å². The number of imidazole rings is 1. The van der Waals surface area contributed by atoms with E-state index in [-0.39, 0.29) is 0 Å². The van der Waals surface area contributed by atoms with E-state index in [0.717, 1.165) is 21.8 Å². The van der Waals surface area contributed by atoms with E-state index >= 15 is 0 Å². The first-order valence-corrected chi connectivity index (χ1v) is 6.74. The number of anilines is 2. The van der Waals surface area contributed by atoms with Gasteiger partial charge in [0.15, 0.2) is 11.5 Å². The number of nitrogens with zero attached hydrogens (tertiary/aromatic N) is 4.